The number of benzene rings is 1. The van der Waals surface area contributed by atoms with Crippen LogP contribution in [0.1, 0.15) is 47.8 Å². The van der Waals surface area contributed by atoms with E-state index in [1.165, 1.54) is 0 Å². The minimum atomic E-state index is -0.751. The van der Waals surface area contributed by atoms with Crippen LogP contribution in [0.2, 0.25) is 5.15 Å². The lowest BCUT2D eigenvalue weighted by molar-refractivity contribution is -0.130. The summed E-state index contributed by atoms with van der Waals surface area (Å²) < 4.78 is 5.64. The standard InChI is InChI=1S/C20H27ClN8O3/c21-15-17(23)28-16(22)13(27-15)19(31)29-20(25)26-10-6-1-2-7-11-32-14(18(24)30)12-8-4-3-5-9-12/h3-5,8-9,14H,1-2,6-7,10-11H2,(H2,24,30)(H4,22,23,28)(H3,25,26,29,31). The summed E-state index contributed by atoms with van der Waals surface area (Å²) in [6.45, 7) is 0.834. The molecule has 2 amide bonds. The summed E-state index contributed by atoms with van der Waals surface area (Å²) in [5, 5.41) is 2.25. The molecule has 0 fully saturated rings. The molecular formula is C20H27ClN8O3. The van der Waals surface area contributed by atoms with E-state index in [0.717, 1.165) is 31.2 Å². The number of aromatic nitrogens is 2. The van der Waals surface area contributed by atoms with Gasteiger partial charge in [-0.1, -0.05) is 54.8 Å². The molecule has 2 rings (SSSR count). The third-order valence-electron chi connectivity index (χ3n) is 4.34. The highest BCUT2D eigenvalue weighted by Crippen LogP contribution is 2.18. The van der Waals surface area contributed by atoms with Gasteiger partial charge in [-0.15, -0.1) is 0 Å². The Balaban J connectivity index is 1.66. The predicted molar refractivity (Wildman–Crippen MR) is 123 cm³/mol. The van der Waals surface area contributed by atoms with Crippen LogP contribution in [0.5, 0.6) is 0 Å². The number of nitrogens with one attached hydrogen (secondary N) is 1. The van der Waals surface area contributed by atoms with Crippen molar-refractivity contribution in [1.29, 1.82) is 0 Å². The Labute approximate surface area is 190 Å². The number of carbonyl (C=O) groups is 2. The van der Waals surface area contributed by atoms with Crippen molar-refractivity contribution < 1.29 is 14.3 Å². The van der Waals surface area contributed by atoms with Crippen molar-refractivity contribution in [2.75, 3.05) is 24.6 Å². The average Bonchev–Trinajstić information content (AvgIpc) is 2.75. The number of nitrogens with two attached hydrogens (primary N) is 4. The first-order valence-corrected chi connectivity index (χ1v) is 10.3. The summed E-state index contributed by atoms with van der Waals surface area (Å²) in [4.78, 5) is 35.4. The van der Waals surface area contributed by atoms with Crippen molar-refractivity contribution in [1.82, 2.24) is 15.3 Å². The van der Waals surface area contributed by atoms with Crippen LogP contribution in [0.4, 0.5) is 11.6 Å². The van der Waals surface area contributed by atoms with Gasteiger partial charge in [-0.3, -0.25) is 19.9 Å². The van der Waals surface area contributed by atoms with Gasteiger partial charge in [0.1, 0.15) is 0 Å². The van der Waals surface area contributed by atoms with E-state index in [1.54, 1.807) is 12.1 Å². The van der Waals surface area contributed by atoms with Crippen molar-refractivity contribution in [2.45, 2.75) is 31.8 Å². The van der Waals surface area contributed by atoms with Gasteiger partial charge in [-0.05, 0) is 18.4 Å². The van der Waals surface area contributed by atoms with Crippen LogP contribution >= 0.6 is 11.6 Å². The highest BCUT2D eigenvalue weighted by Gasteiger charge is 2.18. The summed E-state index contributed by atoms with van der Waals surface area (Å²) in [5.41, 5.74) is 22.8. The van der Waals surface area contributed by atoms with E-state index in [0.29, 0.717) is 13.2 Å². The molecule has 9 N–H and O–H groups in total. The minimum absolute atomic E-state index is 0.0698. The van der Waals surface area contributed by atoms with Gasteiger partial charge in [-0.25, -0.2) is 9.97 Å². The zero-order valence-corrected chi connectivity index (χ0v) is 18.2. The molecule has 1 aromatic heterocycles. The van der Waals surface area contributed by atoms with Gasteiger partial charge in [0, 0.05) is 13.2 Å². The fourth-order valence-electron chi connectivity index (χ4n) is 2.76. The summed E-state index contributed by atoms with van der Waals surface area (Å²) in [5.74, 6) is -1.50. The average molecular weight is 463 g/mol. The number of amides is 2. The molecule has 0 bridgehead atoms. The SMILES string of the molecule is NC(=O)C(OCCCCCCN=C(N)NC(=O)c1nc(Cl)c(N)nc1N)c1ccccc1. The maximum Gasteiger partial charge on any atom is 0.280 e. The number of anilines is 2. The van der Waals surface area contributed by atoms with Crippen molar-refractivity contribution in [3.8, 4) is 0 Å². The minimum Gasteiger partial charge on any atom is -0.382 e. The van der Waals surface area contributed by atoms with Crippen LogP contribution in [-0.4, -0.2) is 40.9 Å². The van der Waals surface area contributed by atoms with E-state index in [-0.39, 0.29) is 28.4 Å². The molecule has 1 aromatic carbocycles. The molecular weight excluding hydrogens is 436 g/mol. The van der Waals surface area contributed by atoms with Crippen LogP contribution in [-0.2, 0) is 9.53 Å². The molecule has 2 aromatic rings. The molecule has 172 valence electrons. The first kappa shape index (κ1) is 24.8. The van der Waals surface area contributed by atoms with E-state index < -0.39 is 17.9 Å². The Hall–Kier alpha value is -3.44. The lowest BCUT2D eigenvalue weighted by Gasteiger charge is -2.14. The van der Waals surface area contributed by atoms with E-state index in [9.17, 15) is 9.59 Å². The second-order valence-corrected chi connectivity index (χ2v) is 7.19. The Morgan fingerprint density at radius 1 is 1.03 bits per heavy atom. The van der Waals surface area contributed by atoms with Gasteiger partial charge in [-0.2, -0.15) is 0 Å². The number of unbranched alkanes of at least 4 members (excludes halogenated alkanes) is 3. The van der Waals surface area contributed by atoms with Crippen molar-refractivity contribution in [3.05, 3.63) is 46.7 Å². The summed E-state index contributed by atoms with van der Waals surface area (Å²) in [7, 11) is 0. The second kappa shape index (κ2) is 12.4. The molecule has 0 aliphatic heterocycles. The van der Waals surface area contributed by atoms with E-state index >= 15 is 0 Å². The number of primary amides is 1. The molecule has 0 radical (unpaired) electrons. The molecule has 1 heterocycles. The molecule has 0 aliphatic carbocycles. The Morgan fingerprint density at radius 3 is 2.41 bits per heavy atom. The van der Waals surface area contributed by atoms with E-state index in [1.807, 2.05) is 18.2 Å². The molecule has 32 heavy (non-hydrogen) atoms. The molecule has 12 heteroatoms. The normalized spacial score (nSPS) is 12.3. The number of hydrogen-bond acceptors (Lipinski definition) is 8. The van der Waals surface area contributed by atoms with Crippen LogP contribution in [0, 0.1) is 0 Å². The van der Waals surface area contributed by atoms with Gasteiger partial charge in [0.05, 0.1) is 0 Å². The monoisotopic (exact) mass is 462 g/mol. The van der Waals surface area contributed by atoms with E-state index in [4.69, 9.17) is 39.3 Å². The quantitative estimate of drug-likeness (QED) is 0.186. The third kappa shape index (κ3) is 7.67. The number of nitrogens with zero attached hydrogens (tertiary/aromatic N) is 3. The number of aliphatic imine (C=N–C) groups is 1. The van der Waals surface area contributed by atoms with Crippen LogP contribution in [0.15, 0.2) is 35.3 Å². The lowest BCUT2D eigenvalue weighted by atomic mass is 10.1. The third-order valence-corrected chi connectivity index (χ3v) is 4.62. The maximum atomic E-state index is 12.2. The highest BCUT2D eigenvalue weighted by atomic mass is 35.5. The predicted octanol–water partition coefficient (Wildman–Crippen LogP) is 1.14. The first-order chi connectivity index (χ1) is 15.3. The van der Waals surface area contributed by atoms with Gasteiger partial charge in [0.15, 0.2) is 34.5 Å². The number of carbonyl (C=O) groups excluding carboxylic acids is 2. The Bertz CT molecular complexity index is 955. The number of nitrogen functional groups attached to an aromatic ring is 2. The largest absolute Gasteiger partial charge is 0.382 e. The topological polar surface area (TPSA) is 198 Å². The number of halogens is 1. The number of hydrogen-bond donors (Lipinski definition) is 5. The maximum absolute atomic E-state index is 12.2. The van der Waals surface area contributed by atoms with Gasteiger partial charge in [0.25, 0.3) is 11.8 Å². The van der Waals surface area contributed by atoms with Gasteiger partial charge < -0.3 is 27.7 Å². The zero-order chi connectivity index (χ0) is 23.5. The Kier molecular flexibility index (Phi) is 9.64. The molecule has 1 unspecified atom stereocenters. The van der Waals surface area contributed by atoms with Crippen LogP contribution in [0.25, 0.3) is 0 Å². The Morgan fingerprint density at radius 2 is 1.72 bits per heavy atom. The lowest BCUT2D eigenvalue weighted by Crippen LogP contribution is -2.38. The molecule has 0 spiro atoms. The molecule has 0 saturated carbocycles. The molecule has 0 saturated heterocycles. The second-order valence-electron chi connectivity index (χ2n) is 6.83. The fourth-order valence-corrected chi connectivity index (χ4v) is 2.89. The van der Waals surface area contributed by atoms with Gasteiger partial charge >= 0.3 is 0 Å². The number of guanidine groups is 1. The highest BCUT2D eigenvalue weighted by molar-refractivity contribution is 6.31. The molecule has 11 nitrogen and oxygen atoms in total. The fraction of sp³-hybridized carbons (Fsp3) is 0.350. The molecule has 1 atom stereocenters. The number of ether oxygens (including phenoxy) is 1. The van der Waals surface area contributed by atoms with E-state index in [2.05, 4.69) is 20.3 Å². The summed E-state index contributed by atoms with van der Waals surface area (Å²) in [6.07, 6.45) is 2.51. The number of rotatable bonds is 11. The molecule has 0 aliphatic rings. The van der Waals surface area contributed by atoms with Crippen molar-refractivity contribution in [3.63, 3.8) is 0 Å². The van der Waals surface area contributed by atoms with Crippen LogP contribution < -0.4 is 28.3 Å². The zero-order valence-electron chi connectivity index (χ0n) is 17.5. The van der Waals surface area contributed by atoms with Gasteiger partial charge in [0.2, 0.25) is 0 Å². The summed E-state index contributed by atoms with van der Waals surface area (Å²) >= 11 is 5.76. The summed E-state index contributed by atoms with van der Waals surface area (Å²) in [6, 6.07) is 9.13. The van der Waals surface area contributed by atoms with Crippen molar-refractivity contribution >= 4 is 41.0 Å². The first-order valence-electron chi connectivity index (χ1n) is 9.95. The van der Waals surface area contributed by atoms with Crippen LogP contribution in [0.3, 0.4) is 0 Å². The smallest absolute Gasteiger partial charge is 0.280 e. The van der Waals surface area contributed by atoms with Crippen molar-refractivity contribution in [2.24, 2.45) is 16.5 Å².